The first-order valence-corrected chi connectivity index (χ1v) is 9.75. The molecule has 0 atom stereocenters. The van der Waals surface area contributed by atoms with Crippen molar-refractivity contribution in [1.29, 1.82) is 0 Å². The van der Waals surface area contributed by atoms with Crippen molar-refractivity contribution < 1.29 is 28.7 Å². The fourth-order valence-electron chi connectivity index (χ4n) is 2.37. The molecule has 28 heavy (non-hydrogen) atoms. The minimum Gasteiger partial charge on any atom is -0.463 e. The number of piperazine rings is 1. The Kier molecular flexibility index (Phi) is 11.3. The van der Waals surface area contributed by atoms with E-state index in [4.69, 9.17) is 9.47 Å². The van der Waals surface area contributed by atoms with E-state index < -0.39 is 11.9 Å². The summed E-state index contributed by atoms with van der Waals surface area (Å²) in [4.78, 5) is 50.3. The third-order valence-corrected chi connectivity index (χ3v) is 4.11. The number of carbonyl (C=O) groups is 4. The second-order valence-corrected chi connectivity index (χ2v) is 6.36. The summed E-state index contributed by atoms with van der Waals surface area (Å²) in [5.41, 5.74) is 0. The van der Waals surface area contributed by atoms with Crippen molar-refractivity contribution in [3.63, 3.8) is 0 Å². The number of esters is 2. The van der Waals surface area contributed by atoms with Crippen LogP contribution in [0.2, 0.25) is 0 Å². The molecule has 0 spiro atoms. The molecule has 1 fully saturated rings. The summed E-state index contributed by atoms with van der Waals surface area (Å²) in [7, 11) is 0. The van der Waals surface area contributed by atoms with Gasteiger partial charge in [-0.15, -0.1) is 0 Å². The van der Waals surface area contributed by atoms with Crippen molar-refractivity contribution in [3.05, 3.63) is 24.3 Å². The van der Waals surface area contributed by atoms with E-state index in [0.717, 1.165) is 37.8 Å². The maximum absolute atomic E-state index is 12.1. The maximum Gasteiger partial charge on any atom is 0.330 e. The Morgan fingerprint density at radius 2 is 1.04 bits per heavy atom. The van der Waals surface area contributed by atoms with E-state index in [0.29, 0.717) is 39.4 Å². The summed E-state index contributed by atoms with van der Waals surface area (Å²) in [6.07, 6.45) is 8.06. The van der Waals surface area contributed by atoms with Crippen LogP contribution in [0.25, 0.3) is 0 Å². The number of carbonyl (C=O) groups excluding carboxylic acids is 4. The zero-order valence-electron chi connectivity index (χ0n) is 16.7. The number of unbranched alkanes of at least 4 members (excludes halogenated alkanes) is 2. The normalized spacial score (nSPS) is 14.5. The van der Waals surface area contributed by atoms with Crippen LogP contribution in [-0.2, 0) is 28.7 Å². The Hall–Kier alpha value is -2.64. The molecule has 0 aromatic rings. The molecule has 2 amide bonds. The Labute approximate surface area is 166 Å². The number of hydrogen-bond acceptors (Lipinski definition) is 6. The van der Waals surface area contributed by atoms with Crippen LogP contribution in [0.3, 0.4) is 0 Å². The van der Waals surface area contributed by atoms with Gasteiger partial charge in [-0.25, -0.2) is 9.59 Å². The average molecular weight is 394 g/mol. The predicted octanol–water partition coefficient (Wildman–Crippen LogP) is 1.46. The van der Waals surface area contributed by atoms with E-state index in [2.05, 4.69) is 0 Å². The van der Waals surface area contributed by atoms with Crippen LogP contribution in [0.5, 0.6) is 0 Å². The van der Waals surface area contributed by atoms with Gasteiger partial charge in [-0.2, -0.15) is 0 Å². The van der Waals surface area contributed by atoms with Gasteiger partial charge in [0.2, 0.25) is 11.8 Å². The van der Waals surface area contributed by atoms with Gasteiger partial charge in [0.25, 0.3) is 0 Å². The van der Waals surface area contributed by atoms with Crippen molar-refractivity contribution in [2.24, 2.45) is 0 Å². The molecule has 0 unspecified atom stereocenters. The molecular formula is C20H30N2O6. The van der Waals surface area contributed by atoms with E-state index >= 15 is 0 Å². The van der Waals surface area contributed by atoms with Gasteiger partial charge in [-0.3, -0.25) is 9.59 Å². The summed E-state index contributed by atoms with van der Waals surface area (Å²) in [5.74, 6) is -1.66. The molecule has 156 valence electrons. The van der Waals surface area contributed by atoms with Crippen LogP contribution < -0.4 is 0 Å². The van der Waals surface area contributed by atoms with Crippen LogP contribution in [-0.4, -0.2) is 72.9 Å². The zero-order valence-corrected chi connectivity index (χ0v) is 16.7. The molecule has 0 bridgehead atoms. The largest absolute Gasteiger partial charge is 0.463 e. The molecule has 0 N–H and O–H groups in total. The van der Waals surface area contributed by atoms with Crippen LogP contribution in [0.15, 0.2) is 24.3 Å². The fourth-order valence-corrected chi connectivity index (χ4v) is 2.37. The molecule has 1 saturated heterocycles. The second kappa shape index (κ2) is 13.5. The molecule has 0 radical (unpaired) electrons. The van der Waals surface area contributed by atoms with Gasteiger partial charge in [0.05, 0.1) is 13.2 Å². The lowest BCUT2D eigenvalue weighted by molar-refractivity contribution is -0.139. The van der Waals surface area contributed by atoms with Gasteiger partial charge in [-0.05, 0) is 12.8 Å². The Morgan fingerprint density at radius 3 is 1.36 bits per heavy atom. The monoisotopic (exact) mass is 394 g/mol. The topological polar surface area (TPSA) is 93.2 Å². The van der Waals surface area contributed by atoms with Gasteiger partial charge >= 0.3 is 11.9 Å². The molecule has 1 aliphatic rings. The molecule has 8 nitrogen and oxygen atoms in total. The molecule has 0 aliphatic carbocycles. The number of nitrogens with zero attached hydrogens (tertiary/aromatic N) is 2. The van der Waals surface area contributed by atoms with E-state index in [-0.39, 0.29) is 11.8 Å². The molecule has 1 rings (SSSR count). The maximum atomic E-state index is 12.1. The Morgan fingerprint density at radius 1 is 0.679 bits per heavy atom. The molecular weight excluding hydrogens is 364 g/mol. The Balaban J connectivity index is 2.35. The summed E-state index contributed by atoms with van der Waals surface area (Å²) in [6, 6.07) is 0. The highest BCUT2D eigenvalue weighted by atomic mass is 16.5. The average Bonchev–Trinajstić information content (AvgIpc) is 2.70. The van der Waals surface area contributed by atoms with E-state index in [1.165, 1.54) is 12.2 Å². The molecule has 8 heteroatoms. The van der Waals surface area contributed by atoms with E-state index in [9.17, 15) is 19.2 Å². The first-order chi connectivity index (χ1) is 13.5. The van der Waals surface area contributed by atoms with E-state index in [1.807, 2.05) is 13.8 Å². The van der Waals surface area contributed by atoms with Gasteiger partial charge in [0, 0.05) is 50.5 Å². The van der Waals surface area contributed by atoms with Crippen LogP contribution in [0.1, 0.15) is 39.5 Å². The highest BCUT2D eigenvalue weighted by Gasteiger charge is 2.22. The first-order valence-electron chi connectivity index (χ1n) is 9.75. The summed E-state index contributed by atoms with van der Waals surface area (Å²) >= 11 is 0. The Bertz CT molecular complexity index is 540. The molecule has 0 aromatic carbocycles. The van der Waals surface area contributed by atoms with Crippen molar-refractivity contribution in [3.8, 4) is 0 Å². The van der Waals surface area contributed by atoms with Gasteiger partial charge in [0.1, 0.15) is 0 Å². The highest BCUT2D eigenvalue weighted by Crippen LogP contribution is 2.04. The van der Waals surface area contributed by atoms with Crippen molar-refractivity contribution in [2.45, 2.75) is 39.5 Å². The van der Waals surface area contributed by atoms with Crippen LogP contribution in [0.4, 0.5) is 0 Å². The van der Waals surface area contributed by atoms with Gasteiger partial charge in [0.15, 0.2) is 0 Å². The van der Waals surface area contributed by atoms with Gasteiger partial charge in [-0.1, -0.05) is 26.7 Å². The third-order valence-electron chi connectivity index (χ3n) is 4.11. The lowest BCUT2D eigenvalue weighted by Crippen LogP contribution is -2.49. The summed E-state index contributed by atoms with van der Waals surface area (Å²) in [5, 5.41) is 0. The highest BCUT2D eigenvalue weighted by molar-refractivity contribution is 5.96. The lowest BCUT2D eigenvalue weighted by Gasteiger charge is -2.33. The minimum absolute atomic E-state index is 0.297. The first kappa shape index (κ1) is 23.4. The quantitative estimate of drug-likeness (QED) is 0.316. The van der Waals surface area contributed by atoms with Crippen LogP contribution in [0, 0.1) is 0 Å². The van der Waals surface area contributed by atoms with Crippen molar-refractivity contribution in [2.75, 3.05) is 39.4 Å². The fraction of sp³-hybridized carbons (Fsp3) is 0.600. The van der Waals surface area contributed by atoms with Gasteiger partial charge < -0.3 is 19.3 Å². The standard InChI is InChI=1S/C20H30N2O6/c1-3-5-15-27-19(25)9-7-17(23)21-11-13-22(14-12-21)18(24)8-10-20(26)28-16-6-4-2/h7-10H,3-6,11-16H2,1-2H3/b9-7-,10-8-. The third kappa shape index (κ3) is 9.34. The molecule has 1 heterocycles. The molecule has 0 aromatic heterocycles. The SMILES string of the molecule is CCCCOC(=O)/C=C\C(=O)N1CCN(C(=O)/C=C\C(=O)OCCCC)CC1. The van der Waals surface area contributed by atoms with Crippen molar-refractivity contribution >= 4 is 23.8 Å². The van der Waals surface area contributed by atoms with Crippen molar-refractivity contribution in [1.82, 2.24) is 9.80 Å². The summed E-state index contributed by atoms with van der Waals surface area (Å²) in [6.45, 7) is 6.09. The molecule has 1 aliphatic heterocycles. The number of hydrogen-bond donors (Lipinski definition) is 0. The van der Waals surface area contributed by atoms with Crippen LogP contribution >= 0.6 is 0 Å². The second-order valence-electron chi connectivity index (χ2n) is 6.36. The number of rotatable bonds is 10. The van der Waals surface area contributed by atoms with E-state index in [1.54, 1.807) is 9.80 Å². The molecule has 0 saturated carbocycles. The lowest BCUT2D eigenvalue weighted by atomic mass is 10.3. The smallest absolute Gasteiger partial charge is 0.330 e. The predicted molar refractivity (Wildman–Crippen MR) is 103 cm³/mol. The number of amides is 2. The zero-order chi connectivity index (χ0) is 20.8. The minimum atomic E-state index is -0.536. The summed E-state index contributed by atoms with van der Waals surface area (Å²) < 4.78 is 9.90. The number of ether oxygens (including phenoxy) is 2.